The second-order valence-electron chi connectivity index (χ2n) is 8.77. The van der Waals surface area contributed by atoms with Crippen molar-refractivity contribution < 1.29 is 47.0 Å². The number of nitrogens with one attached hydrogen (secondary N) is 2. The van der Waals surface area contributed by atoms with Crippen LogP contribution in [0.5, 0.6) is 0 Å². The summed E-state index contributed by atoms with van der Waals surface area (Å²) in [5.74, 6) is -0.740. The number of rotatable bonds is 4. The summed E-state index contributed by atoms with van der Waals surface area (Å²) in [7, 11) is -0.479. The zero-order valence-electron chi connectivity index (χ0n) is 20.1. The highest BCUT2D eigenvalue weighted by atomic mass is 127. The van der Waals surface area contributed by atoms with Crippen LogP contribution < -0.4 is 34.3 Å². The maximum Gasteiger partial charge on any atom is 0.330 e. The SMILES string of the molecule is CNC(=O)C1CN(S(=O)(=O)c2ccc3cc(Cl)ccc3c2)CCN1C(=O)c1[nH+]c2c(s1)C=CN(C)C2.[I-]. The van der Waals surface area contributed by atoms with Crippen molar-refractivity contribution in [2.45, 2.75) is 17.5 Å². The van der Waals surface area contributed by atoms with Crippen LogP contribution in [0.15, 0.2) is 47.5 Å². The molecule has 2 aromatic carbocycles. The number of aromatic nitrogens is 1. The summed E-state index contributed by atoms with van der Waals surface area (Å²) in [6.45, 7) is 0.679. The fourth-order valence-electron chi connectivity index (χ4n) is 4.49. The van der Waals surface area contributed by atoms with E-state index in [1.165, 1.54) is 33.7 Å². The topological polar surface area (TPSA) is 104 Å². The Balaban J connectivity index is 0.00000320. The van der Waals surface area contributed by atoms with Gasteiger partial charge in [0, 0.05) is 45.0 Å². The normalized spacial score (nSPS) is 17.9. The van der Waals surface area contributed by atoms with E-state index >= 15 is 0 Å². The first-order chi connectivity index (χ1) is 17.2. The molecule has 0 aliphatic carbocycles. The maximum absolute atomic E-state index is 13.5. The molecule has 9 nitrogen and oxygen atoms in total. The van der Waals surface area contributed by atoms with Gasteiger partial charge < -0.3 is 39.1 Å². The van der Waals surface area contributed by atoms with Crippen LogP contribution in [-0.2, 0) is 21.4 Å². The molecule has 13 heteroatoms. The number of carbonyl (C=O) groups is 2. The van der Waals surface area contributed by atoms with Crippen molar-refractivity contribution in [3.63, 3.8) is 0 Å². The van der Waals surface area contributed by atoms with Gasteiger partial charge in [-0.1, -0.05) is 35.1 Å². The van der Waals surface area contributed by atoms with Crippen LogP contribution in [-0.4, -0.2) is 74.1 Å². The van der Waals surface area contributed by atoms with Crippen molar-refractivity contribution in [1.29, 1.82) is 0 Å². The van der Waals surface area contributed by atoms with E-state index < -0.39 is 22.0 Å². The third kappa shape index (κ3) is 5.35. The fraction of sp³-hybridized carbons (Fsp3) is 0.292. The molecule has 1 unspecified atom stereocenters. The molecule has 196 valence electrons. The number of benzene rings is 2. The Bertz CT molecular complexity index is 1510. The lowest BCUT2D eigenvalue weighted by molar-refractivity contribution is -0.389. The summed E-state index contributed by atoms with van der Waals surface area (Å²) in [6, 6.07) is 9.14. The van der Waals surface area contributed by atoms with Crippen LogP contribution in [0.3, 0.4) is 0 Å². The Morgan fingerprint density at radius 2 is 1.86 bits per heavy atom. The molecule has 2 N–H and O–H groups in total. The van der Waals surface area contributed by atoms with Gasteiger partial charge in [0.2, 0.25) is 21.6 Å². The van der Waals surface area contributed by atoms with Gasteiger partial charge in [0.15, 0.2) is 0 Å². The average Bonchev–Trinajstić information content (AvgIpc) is 3.30. The highest BCUT2D eigenvalue weighted by Gasteiger charge is 2.42. The molecule has 37 heavy (non-hydrogen) atoms. The van der Waals surface area contributed by atoms with E-state index in [0.717, 1.165) is 21.3 Å². The molecule has 0 bridgehead atoms. The van der Waals surface area contributed by atoms with Gasteiger partial charge in [0.1, 0.15) is 17.5 Å². The molecule has 3 heterocycles. The predicted octanol–water partition coefficient (Wildman–Crippen LogP) is -0.950. The number of amides is 2. The zero-order valence-corrected chi connectivity index (χ0v) is 24.6. The first-order valence-electron chi connectivity index (χ1n) is 11.3. The standard InChI is InChI=1S/C24H24ClN5O4S2.HI/c1-26-22(31)20-14-29(36(33,34)18-6-4-15-11-17(25)5-3-16(15)12-18)9-10-30(20)24(32)23-27-19-13-28(2)8-7-21(19)35-23;/h3-8,11-12,20H,9-10,13-14H2,1-2H3,(H,26,31);1H. The number of H-pyrrole nitrogens is 1. The predicted molar refractivity (Wildman–Crippen MR) is 138 cm³/mol. The summed E-state index contributed by atoms with van der Waals surface area (Å²) in [4.78, 5) is 34.0. The van der Waals surface area contributed by atoms with E-state index in [0.29, 0.717) is 16.6 Å². The Labute approximate surface area is 241 Å². The smallest absolute Gasteiger partial charge is 0.330 e. The van der Waals surface area contributed by atoms with Crippen LogP contribution in [0.4, 0.5) is 0 Å². The summed E-state index contributed by atoms with van der Waals surface area (Å²) >= 11 is 7.38. The van der Waals surface area contributed by atoms with Gasteiger partial charge in [-0.25, -0.2) is 8.42 Å². The van der Waals surface area contributed by atoms with Crippen molar-refractivity contribution in [2.24, 2.45) is 0 Å². The van der Waals surface area contributed by atoms with Crippen molar-refractivity contribution in [3.8, 4) is 0 Å². The van der Waals surface area contributed by atoms with E-state index in [4.69, 9.17) is 11.6 Å². The molecule has 1 saturated heterocycles. The molecule has 1 fully saturated rings. The summed E-state index contributed by atoms with van der Waals surface area (Å²) in [5, 5.41) is 5.13. The first-order valence-corrected chi connectivity index (χ1v) is 14.0. The van der Waals surface area contributed by atoms with Gasteiger partial charge in [-0.2, -0.15) is 9.29 Å². The van der Waals surface area contributed by atoms with Crippen LogP contribution in [0.25, 0.3) is 16.8 Å². The third-order valence-corrected chi connectivity index (χ3v) is 9.60. The Morgan fingerprint density at radius 1 is 1.14 bits per heavy atom. The molecule has 0 saturated carbocycles. The van der Waals surface area contributed by atoms with Gasteiger partial charge in [-0.3, -0.25) is 9.59 Å². The number of piperazine rings is 1. The van der Waals surface area contributed by atoms with E-state index in [1.807, 2.05) is 24.2 Å². The van der Waals surface area contributed by atoms with E-state index in [9.17, 15) is 18.0 Å². The lowest BCUT2D eigenvalue weighted by Crippen LogP contribution is -3.00. The van der Waals surface area contributed by atoms with Crippen LogP contribution in [0.2, 0.25) is 5.02 Å². The van der Waals surface area contributed by atoms with Crippen LogP contribution >= 0.6 is 22.9 Å². The Morgan fingerprint density at radius 3 is 2.62 bits per heavy atom. The molecule has 1 aromatic heterocycles. The van der Waals surface area contributed by atoms with E-state index in [1.54, 1.807) is 30.3 Å². The van der Waals surface area contributed by atoms with Crippen molar-refractivity contribution in [3.05, 3.63) is 63.2 Å². The summed E-state index contributed by atoms with van der Waals surface area (Å²) in [5.41, 5.74) is 0.934. The highest BCUT2D eigenvalue weighted by Crippen LogP contribution is 2.28. The van der Waals surface area contributed by atoms with E-state index in [-0.39, 0.29) is 54.4 Å². The quantitative estimate of drug-likeness (QED) is 0.360. The molecular formula is C24H25ClIN5O4S2. The number of sulfonamides is 1. The molecular weight excluding hydrogens is 649 g/mol. The van der Waals surface area contributed by atoms with Gasteiger partial charge in [0.05, 0.1) is 4.90 Å². The fourth-order valence-corrected chi connectivity index (χ4v) is 7.11. The minimum Gasteiger partial charge on any atom is -1.00 e. The van der Waals surface area contributed by atoms with Gasteiger partial charge in [-0.05, 0) is 41.1 Å². The summed E-state index contributed by atoms with van der Waals surface area (Å²) in [6.07, 6.45) is 3.88. The van der Waals surface area contributed by atoms with E-state index in [2.05, 4.69) is 10.3 Å². The number of halogens is 2. The van der Waals surface area contributed by atoms with Crippen molar-refractivity contribution >= 4 is 61.6 Å². The monoisotopic (exact) mass is 673 g/mol. The second kappa shape index (κ2) is 10.8. The lowest BCUT2D eigenvalue weighted by atomic mass is 10.1. The molecule has 0 spiro atoms. The average molecular weight is 674 g/mol. The molecule has 2 amide bonds. The number of hydrogen-bond donors (Lipinski definition) is 1. The van der Waals surface area contributed by atoms with Crippen LogP contribution in [0.1, 0.15) is 20.4 Å². The molecule has 5 rings (SSSR count). The van der Waals surface area contributed by atoms with Gasteiger partial charge in [-0.15, -0.1) is 0 Å². The third-order valence-electron chi connectivity index (χ3n) is 6.42. The largest absolute Gasteiger partial charge is 1.00 e. The van der Waals surface area contributed by atoms with Gasteiger partial charge in [0.25, 0.3) is 0 Å². The maximum atomic E-state index is 13.5. The molecule has 3 aromatic rings. The zero-order chi connectivity index (χ0) is 25.6. The number of fused-ring (bicyclic) bond motifs is 2. The number of hydrogen-bond acceptors (Lipinski definition) is 6. The number of carbonyl (C=O) groups excluding carboxylic acids is 2. The lowest BCUT2D eigenvalue weighted by Gasteiger charge is -2.38. The molecule has 0 radical (unpaired) electrons. The Hall–Kier alpha value is -2.26. The summed E-state index contributed by atoms with van der Waals surface area (Å²) < 4.78 is 28.3. The second-order valence-corrected chi connectivity index (χ2v) is 12.2. The van der Waals surface area contributed by atoms with Crippen molar-refractivity contribution in [1.82, 2.24) is 19.4 Å². The Kier molecular flexibility index (Phi) is 8.14. The minimum atomic E-state index is -3.90. The molecule has 1 atom stereocenters. The number of thiazole rings is 1. The number of likely N-dealkylation sites (N-methyl/N-ethyl adjacent to an activating group) is 1. The highest BCUT2D eigenvalue weighted by molar-refractivity contribution is 7.89. The first kappa shape index (κ1) is 27.8. The minimum absolute atomic E-state index is 0. The van der Waals surface area contributed by atoms with Crippen LogP contribution in [0, 0.1) is 0 Å². The molecule has 2 aliphatic rings. The molecule has 2 aliphatic heterocycles. The number of nitrogens with zero attached hydrogens (tertiary/aromatic N) is 3. The van der Waals surface area contributed by atoms with Gasteiger partial charge >= 0.3 is 10.9 Å². The number of aromatic amines is 1. The van der Waals surface area contributed by atoms with Crippen molar-refractivity contribution in [2.75, 3.05) is 33.7 Å².